The van der Waals surface area contributed by atoms with Crippen LogP contribution in [0.2, 0.25) is 0 Å². The third kappa shape index (κ3) is 5.36. The van der Waals surface area contributed by atoms with Crippen molar-refractivity contribution < 1.29 is 9.53 Å². The summed E-state index contributed by atoms with van der Waals surface area (Å²) < 4.78 is 6.69. The van der Waals surface area contributed by atoms with Crippen LogP contribution >= 0.6 is 15.9 Å². The zero-order valence-electron chi connectivity index (χ0n) is 14.1. The molecular formula is C21H19BrN2O2. The molecule has 3 rings (SSSR count). The topological polar surface area (TPSA) is 50.4 Å². The number of amides is 1. The van der Waals surface area contributed by atoms with Crippen LogP contribution < -0.4 is 15.4 Å². The van der Waals surface area contributed by atoms with Crippen molar-refractivity contribution in [1.29, 1.82) is 0 Å². The fraction of sp³-hybridized carbons (Fsp3) is 0.0952. The van der Waals surface area contributed by atoms with E-state index in [2.05, 4.69) is 26.6 Å². The summed E-state index contributed by atoms with van der Waals surface area (Å²) in [6, 6.07) is 25.1. The first-order chi connectivity index (χ1) is 12.7. The van der Waals surface area contributed by atoms with Gasteiger partial charge in [-0.2, -0.15) is 0 Å². The number of carbonyl (C=O) groups is 1. The molecule has 0 radical (unpaired) electrons. The van der Waals surface area contributed by atoms with E-state index in [-0.39, 0.29) is 12.5 Å². The number of hydrogen-bond donors (Lipinski definition) is 2. The van der Waals surface area contributed by atoms with Gasteiger partial charge < -0.3 is 15.4 Å². The van der Waals surface area contributed by atoms with Gasteiger partial charge in [-0.15, -0.1) is 0 Å². The zero-order valence-corrected chi connectivity index (χ0v) is 15.7. The van der Waals surface area contributed by atoms with E-state index in [9.17, 15) is 4.79 Å². The predicted molar refractivity (Wildman–Crippen MR) is 108 cm³/mol. The predicted octanol–water partition coefficient (Wildman–Crippen LogP) is 5.08. The molecule has 0 aromatic heterocycles. The highest BCUT2D eigenvalue weighted by atomic mass is 79.9. The number of carbonyl (C=O) groups excluding carboxylic acids is 1. The van der Waals surface area contributed by atoms with E-state index in [4.69, 9.17) is 4.74 Å². The smallest absolute Gasteiger partial charge is 0.262 e. The summed E-state index contributed by atoms with van der Waals surface area (Å²) in [6.45, 7) is 0.576. The quantitative estimate of drug-likeness (QED) is 0.570. The maximum absolute atomic E-state index is 12.1. The van der Waals surface area contributed by atoms with E-state index in [1.165, 1.54) is 0 Å². The van der Waals surface area contributed by atoms with E-state index >= 15 is 0 Å². The molecule has 4 nitrogen and oxygen atoms in total. The molecular weight excluding hydrogens is 392 g/mol. The molecule has 0 spiro atoms. The Morgan fingerprint density at radius 3 is 2.31 bits per heavy atom. The van der Waals surface area contributed by atoms with Crippen molar-refractivity contribution in [1.82, 2.24) is 0 Å². The first kappa shape index (κ1) is 18.0. The normalized spacial score (nSPS) is 10.2. The van der Waals surface area contributed by atoms with Gasteiger partial charge in [0, 0.05) is 28.0 Å². The summed E-state index contributed by atoms with van der Waals surface area (Å²) in [5.41, 5.74) is 2.77. The lowest BCUT2D eigenvalue weighted by molar-refractivity contribution is -0.118. The highest BCUT2D eigenvalue weighted by Crippen LogP contribution is 2.20. The Kier molecular flexibility index (Phi) is 6.28. The van der Waals surface area contributed by atoms with Crippen LogP contribution in [0.5, 0.6) is 5.75 Å². The average Bonchev–Trinajstić information content (AvgIpc) is 2.68. The van der Waals surface area contributed by atoms with Crippen LogP contribution in [-0.4, -0.2) is 12.5 Å². The molecule has 0 atom stereocenters. The molecule has 0 heterocycles. The second kappa shape index (κ2) is 9.06. The summed E-state index contributed by atoms with van der Waals surface area (Å²) >= 11 is 3.37. The first-order valence-electron chi connectivity index (χ1n) is 8.26. The molecule has 1 amide bonds. The van der Waals surface area contributed by atoms with Gasteiger partial charge in [0.05, 0.1) is 0 Å². The maximum Gasteiger partial charge on any atom is 0.262 e. The largest absolute Gasteiger partial charge is 0.483 e. The van der Waals surface area contributed by atoms with Gasteiger partial charge in [0.25, 0.3) is 5.91 Å². The number of benzene rings is 3. The second-order valence-corrected chi connectivity index (χ2v) is 6.59. The molecule has 2 N–H and O–H groups in total. The van der Waals surface area contributed by atoms with E-state index in [0.29, 0.717) is 12.3 Å². The third-order valence-corrected chi connectivity index (χ3v) is 4.24. The number of halogens is 1. The fourth-order valence-corrected chi connectivity index (χ4v) is 2.68. The SMILES string of the molecule is O=C(COc1ccccc1CNc1ccccc1)Nc1ccc(Br)cc1. The lowest BCUT2D eigenvalue weighted by Crippen LogP contribution is -2.20. The van der Waals surface area contributed by atoms with Crippen LogP contribution in [0.25, 0.3) is 0 Å². The molecule has 0 fully saturated rings. The Balaban J connectivity index is 1.56. The number of rotatable bonds is 7. The van der Waals surface area contributed by atoms with Crippen LogP contribution in [0.4, 0.5) is 11.4 Å². The van der Waals surface area contributed by atoms with Crippen LogP contribution in [-0.2, 0) is 11.3 Å². The Morgan fingerprint density at radius 1 is 0.846 bits per heavy atom. The minimum absolute atomic E-state index is 0.0432. The van der Waals surface area contributed by atoms with Crippen molar-refractivity contribution in [2.75, 3.05) is 17.2 Å². The summed E-state index contributed by atoms with van der Waals surface area (Å²) in [7, 11) is 0. The van der Waals surface area contributed by atoms with Gasteiger partial charge in [0.15, 0.2) is 6.61 Å². The molecule has 0 unspecified atom stereocenters. The van der Waals surface area contributed by atoms with Gasteiger partial charge in [-0.05, 0) is 42.5 Å². The van der Waals surface area contributed by atoms with Crippen molar-refractivity contribution in [3.05, 3.63) is 88.9 Å². The minimum atomic E-state index is -0.196. The fourth-order valence-electron chi connectivity index (χ4n) is 2.42. The lowest BCUT2D eigenvalue weighted by Gasteiger charge is -2.13. The molecule has 132 valence electrons. The maximum atomic E-state index is 12.1. The van der Waals surface area contributed by atoms with Gasteiger partial charge in [0.1, 0.15) is 5.75 Å². The summed E-state index contributed by atoms with van der Waals surface area (Å²) in [5, 5.41) is 6.17. The van der Waals surface area contributed by atoms with Gasteiger partial charge in [-0.3, -0.25) is 4.79 Å². The van der Waals surface area contributed by atoms with Gasteiger partial charge in [-0.1, -0.05) is 52.3 Å². The Labute approximate surface area is 161 Å². The van der Waals surface area contributed by atoms with E-state index in [1.54, 1.807) is 0 Å². The van der Waals surface area contributed by atoms with Crippen molar-refractivity contribution in [3.63, 3.8) is 0 Å². The Morgan fingerprint density at radius 2 is 1.54 bits per heavy atom. The lowest BCUT2D eigenvalue weighted by atomic mass is 10.2. The highest BCUT2D eigenvalue weighted by molar-refractivity contribution is 9.10. The van der Waals surface area contributed by atoms with Crippen LogP contribution in [0.1, 0.15) is 5.56 Å². The molecule has 0 aliphatic heterocycles. The highest BCUT2D eigenvalue weighted by Gasteiger charge is 2.07. The van der Waals surface area contributed by atoms with E-state index in [0.717, 1.165) is 21.4 Å². The van der Waals surface area contributed by atoms with E-state index in [1.807, 2.05) is 78.9 Å². The molecule has 0 bridgehead atoms. The average molecular weight is 411 g/mol. The molecule has 3 aromatic rings. The molecule has 0 aliphatic carbocycles. The number of para-hydroxylation sites is 2. The molecule has 3 aromatic carbocycles. The number of hydrogen-bond acceptors (Lipinski definition) is 3. The van der Waals surface area contributed by atoms with Crippen molar-refractivity contribution in [3.8, 4) is 5.75 Å². The summed E-state index contributed by atoms with van der Waals surface area (Å²) in [5.74, 6) is 0.500. The van der Waals surface area contributed by atoms with Gasteiger partial charge >= 0.3 is 0 Å². The monoisotopic (exact) mass is 410 g/mol. The number of ether oxygens (including phenoxy) is 1. The Bertz CT molecular complexity index is 851. The Hall–Kier alpha value is -2.79. The molecule has 0 saturated carbocycles. The number of anilines is 2. The van der Waals surface area contributed by atoms with Crippen molar-refractivity contribution >= 4 is 33.2 Å². The minimum Gasteiger partial charge on any atom is -0.483 e. The van der Waals surface area contributed by atoms with Crippen molar-refractivity contribution in [2.45, 2.75) is 6.54 Å². The molecule has 26 heavy (non-hydrogen) atoms. The van der Waals surface area contributed by atoms with Crippen LogP contribution in [0.15, 0.2) is 83.3 Å². The van der Waals surface area contributed by atoms with Gasteiger partial charge in [-0.25, -0.2) is 0 Å². The molecule has 5 heteroatoms. The number of nitrogens with one attached hydrogen (secondary N) is 2. The third-order valence-electron chi connectivity index (χ3n) is 3.72. The van der Waals surface area contributed by atoms with Crippen molar-refractivity contribution in [2.24, 2.45) is 0 Å². The summed E-state index contributed by atoms with van der Waals surface area (Å²) in [4.78, 5) is 12.1. The summed E-state index contributed by atoms with van der Waals surface area (Å²) in [6.07, 6.45) is 0. The van der Waals surface area contributed by atoms with Crippen LogP contribution in [0.3, 0.4) is 0 Å². The first-order valence-corrected chi connectivity index (χ1v) is 9.05. The molecule has 0 aliphatic rings. The molecule has 0 saturated heterocycles. The second-order valence-electron chi connectivity index (χ2n) is 5.67. The van der Waals surface area contributed by atoms with E-state index < -0.39 is 0 Å². The van der Waals surface area contributed by atoms with Crippen LogP contribution in [0, 0.1) is 0 Å². The zero-order chi connectivity index (χ0) is 18.2. The standard InChI is InChI=1S/C21H19BrN2O2/c22-17-10-12-19(13-11-17)24-21(25)15-26-20-9-5-4-6-16(20)14-23-18-7-2-1-3-8-18/h1-13,23H,14-15H2,(H,24,25). The van der Waals surface area contributed by atoms with Gasteiger partial charge in [0.2, 0.25) is 0 Å².